The second kappa shape index (κ2) is 10.8. The Morgan fingerprint density at radius 2 is 1.83 bits per heavy atom. The van der Waals surface area contributed by atoms with Crippen LogP contribution in [-0.2, 0) is 11.3 Å². The largest absolute Gasteiger partial charge is 0.326 e. The number of imidazole rings is 1. The van der Waals surface area contributed by atoms with Crippen LogP contribution in [0.4, 0.5) is 10.1 Å². The summed E-state index contributed by atoms with van der Waals surface area (Å²) in [6, 6.07) is 20.7. The maximum Gasteiger partial charge on any atom is 0.221 e. The predicted octanol–water partition coefficient (Wildman–Crippen LogP) is 6.72. The van der Waals surface area contributed by atoms with Gasteiger partial charge in [-0.2, -0.15) is 0 Å². The number of halogens is 2. The molecular weight excluding hydrogens is 475 g/mol. The molecule has 0 unspecified atom stereocenters. The molecule has 36 heavy (non-hydrogen) atoms. The number of aryl methyl sites for hydroxylation is 1. The Labute approximate surface area is 215 Å². The summed E-state index contributed by atoms with van der Waals surface area (Å²) in [5, 5.41) is 3.56. The van der Waals surface area contributed by atoms with Gasteiger partial charge < -0.3 is 14.8 Å². The molecule has 1 amide bonds. The van der Waals surface area contributed by atoms with Gasteiger partial charge in [0.15, 0.2) is 0 Å². The average molecular weight is 505 g/mol. The number of aromatic nitrogens is 2. The molecule has 0 aliphatic carbocycles. The van der Waals surface area contributed by atoms with Gasteiger partial charge in [0.1, 0.15) is 11.6 Å². The number of nitrogens with one attached hydrogen (secondary N) is 1. The third-order valence-corrected chi connectivity index (χ3v) is 7.19. The summed E-state index contributed by atoms with van der Waals surface area (Å²) in [6.07, 6.45) is 3.19. The molecule has 0 spiro atoms. The average Bonchev–Trinajstić information content (AvgIpc) is 3.22. The lowest BCUT2D eigenvalue weighted by Gasteiger charge is -2.32. The molecule has 0 radical (unpaired) electrons. The molecule has 2 heterocycles. The number of anilines is 1. The molecule has 1 fully saturated rings. The zero-order valence-corrected chi connectivity index (χ0v) is 21.1. The number of amides is 1. The lowest BCUT2D eigenvalue weighted by atomic mass is 9.89. The van der Waals surface area contributed by atoms with E-state index in [1.807, 2.05) is 42.5 Å². The first kappa shape index (κ1) is 24.5. The lowest BCUT2D eigenvalue weighted by molar-refractivity contribution is -0.114. The van der Waals surface area contributed by atoms with Crippen molar-refractivity contribution in [3.05, 3.63) is 83.1 Å². The molecule has 186 valence electrons. The van der Waals surface area contributed by atoms with Crippen LogP contribution in [-0.4, -0.2) is 40.0 Å². The van der Waals surface area contributed by atoms with Gasteiger partial charge in [-0.25, -0.2) is 9.37 Å². The molecule has 1 N–H and O–H groups in total. The van der Waals surface area contributed by atoms with Crippen LogP contribution < -0.4 is 5.32 Å². The second-order valence-electron chi connectivity index (χ2n) is 9.50. The Balaban J connectivity index is 1.22. The first-order valence-corrected chi connectivity index (χ1v) is 12.9. The number of benzene rings is 3. The van der Waals surface area contributed by atoms with Crippen LogP contribution in [0.2, 0.25) is 5.02 Å². The lowest BCUT2D eigenvalue weighted by Crippen LogP contribution is -2.34. The maximum absolute atomic E-state index is 13.9. The molecule has 7 heteroatoms. The van der Waals surface area contributed by atoms with Crippen molar-refractivity contribution >= 4 is 34.2 Å². The van der Waals surface area contributed by atoms with E-state index in [0.717, 1.165) is 68.0 Å². The number of piperidine rings is 1. The van der Waals surface area contributed by atoms with E-state index in [2.05, 4.69) is 26.9 Å². The Bertz CT molecular complexity index is 1360. The van der Waals surface area contributed by atoms with E-state index in [4.69, 9.17) is 16.6 Å². The first-order valence-electron chi connectivity index (χ1n) is 12.5. The smallest absolute Gasteiger partial charge is 0.221 e. The summed E-state index contributed by atoms with van der Waals surface area (Å²) in [6.45, 7) is 5.44. The predicted molar refractivity (Wildman–Crippen MR) is 144 cm³/mol. The molecule has 1 aromatic heterocycles. The number of carbonyl (C=O) groups excluding carboxylic acids is 1. The number of rotatable bonds is 7. The highest BCUT2D eigenvalue weighted by molar-refractivity contribution is 6.30. The number of nitrogens with zero attached hydrogens (tertiary/aromatic N) is 3. The molecule has 0 saturated carbocycles. The van der Waals surface area contributed by atoms with Crippen molar-refractivity contribution in [3.8, 4) is 11.4 Å². The SMILES string of the molecule is CC(=O)Nc1cccc(C2CCN(CCCn3c(-c4ccc(Cl)cc4)nc4cc(F)ccc43)CC2)c1. The van der Waals surface area contributed by atoms with Gasteiger partial charge in [-0.05, 0) is 98.9 Å². The Morgan fingerprint density at radius 1 is 1.06 bits per heavy atom. The number of hydrogen-bond acceptors (Lipinski definition) is 3. The van der Waals surface area contributed by atoms with Gasteiger partial charge in [-0.1, -0.05) is 23.7 Å². The molecule has 5 rings (SSSR count). The molecular formula is C29H30ClFN4O. The summed E-state index contributed by atoms with van der Waals surface area (Å²) in [5.41, 5.74) is 4.75. The summed E-state index contributed by atoms with van der Waals surface area (Å²) in [7, 11) is 0. The third-order valence-electron chi connectivity index (χ3n) is 6.93. The highest BCUT2D eigenvalue weighted by atomic mass is 35.5. The van der Waals surface area contributed by atoms with Crippen molar-refractivity contribution in [3.63, 3.8) is 0 Å². The zero-order valence-electron chi connectivity index (χ0n) is 20.4. The highest BCUT2D eigenvalue weighted by Crippen LogP contribution is 2.30. The highest BCUT2D eigenvalue weighted by Gasteiger charge is 2.21. The van der Waals surface area contributed by atoms with E-state index in [1.54, 1.807) is 0 Å². The Morgan fingerprint density at radius 3 is 2.58 bits per heavy atom. The van der Waals surface area contributed by atoms with E-state index in [1.165, 1.54) is 24.6 Å². The molecule has 1 saturated heterocycles. The van der Waals surface area contributed by atoms with Gasteiger partial charge in [0, 0.05) is 35.8 Å². The van der Waals surface area contributed by atoms with E-state index < -0.39 is 0 Å². The normalized spacial score (nSPS) is 14.9. The maximum atomic E-state index is 13.9. The first-order chi connectivity index (χ1) is 17.5. The van der Waals surface area contributed by atoms with Crippen LogP contribution in [0.3, 0.4) is 0 Å². The Hall–Kier alpha value is -3.22. The Kier molecular flexibility index (Phi) is 7.35. The summed E-state index contributed by atoms with van der Waals surface area (Å²) >= 11 is 6.09. The minimum absolute atomic E-state index is 0.0444. The van der Waals surface area contributed by atoms with Crippen molar-refractivity contribution < 1.29 is 9.18 Å². The van der Waals surface area contributed by atoms with Gasteiger partial charge in [-0.3, -0.25) is 4.79 Å². The van der Waals surface area contributed by atoms with Crippen LogP contribution in [0.5, 0.6) is 0 Å². The fraction of sp³-hybridized carbons (Fsp3) is 0.310. The quantitative estimate of drug-likeness (QED) is 0.304. The van der Waals surface area contributed by atoms with E-state index in [9.17, 15) is 9.18 Å². The molecule has 1 aliphatic rings. The van der Waals surface area contributed by atoms with Crippen LogP contribution in [0.15, 0.2) is 66.7 Å². The van der Waals surface area contributed by atoms with E-state index in [0.29, 0.717) is 16.5 Å². The summed E-state index contributed by atoms with van der Waals surface area (Å²) < 4.78 is 16.1. The van der Waals surface area contributed by atoms with Crippen molar-refractivity contribution in [2.24, 2.45) is 0 Å². The van der Waals surface area contributed by atoms with Gasteiger partial charge in [0.25, 0.3) is 0 Å². The van der Waals surface area contributed by atoms with Crippen molar-refractivity contribution in [1.82, 2.24) is 14.5 Å². The topological polar surface area (TPSA) is 50.2 Å². The molecule has 3 aromatic carbocycles. The van der Waals surface area contributed by atoms with Gasteiger partial charge in [-0.15, -0.1) is 0 Å². The fourth-order valence-corrected chi connectivity index (χ4v) is 5.29. The molecule has 1 aliphatic heterocycles. The number of fused-ring (bicyclic) bond motifs is 1. The standard InChI is InChI=1S/C29H30ClFN4O/c1-20(36)32-26-5-2-4-23(18-26)21-12-16-34(17-13-21)14-3-15-35-28-11-10-25(31)19-27(28)33-29(35)22-6-8-24(30)9-7-22/h2,4-11,18-19,21H,3,12-17H2,1H3,(H,32,36). The van der Waals surface area contributed by atoms with Gasteiger partial charge in [0.05, 0.1) is 11.0 Å². The van der Waals surface area contributed by atoms with Gasteiger partial charge >= 0.3 is 0 Å². The van der Waals surface area contributed by atoms with Crippen LogP contribution in [0, 0.1) is 5.82 Å². The number of likely N-dealkylation sites (tertiary alicyclic amines) is 1. The summed E-state index contributed by atoms with van der Waals surface area (Å²) in [5.74, 6) is 1.03. The van der Waals surface area contributed by atoms with Crippen LogP contribution in [0.1, 0.15) is 37.7 Å². The summed E-state index contributed by atoms with van der Waals surface area (Å²) in [4.78, 5) is 18.7. The number of hydrogen-bond donors (Lipinski definition) is 1. The monoisotopic (exact) mass is 504 g/mol. The van der Waals surface area contributed by atoms with Crippen molar-refractivity contribution in [1.29, 1.82) is 0 Å². The zero-order chi connectivity index (χ0) is 25.1. The van der Waals surface area contributed by atoms with E-state index in [-0.39, 0.29) is 11.7 Å². The van der Waals surface area contributed by atoms with Gasteiger partial charge in [0.2, 0.25) is 5.91 Å². The second-order valence-corrected chi connectivity index (χ2v) is 9.94. The van der Waals surface area contributed by atoms with Crippen LogP contribution >= 0.6 is 11.6 Å². The van der Waals surface area contributed by atoms with Crippen LogP contribution in [0.25, 0.3) is 22.4 Å². The minimum atomic E-state index is -0.278. The minimum Gasteiger partial charge on any atom is -0.326 e. The molecule has 0 atom stereocenters. The third kappa shape index (κ3) is 5.61. The van der Waals surface area contributed by atoms with E-state index >= 15 is 0 Å². The molecule has 5 nitrogen and oxygen atoms in total. The molecule has 4 aromatic rings. The van der Waals surface area contributed by atoms with Crippen molar-refractivity contribution in [2.75, 3.05) is 25.0 Å². The van der Waals surface area contributed by atoms with Crippen molar-refractivity contribution in [2.45, 2.75) is 38.6 Å². The molecule has 0 bridgehead atoms. The number of carbonyl (C=O) groups is 1. The fourth-order valence-electron chi connectivity index (χ4n) is 5.16.